The largest absolute Gasteiger partial charge is 0.414 e. The Bertz CT molecular complexity index is 692. The van der Waals surface area contributed by atoms with Crippen LogP contribution in [0.1, 0.15) is 38.3 Å². The topological polar surface area (TPSA) is 106 Å². The Morgan fingerprint density at radius 2 is 2.00 bits per heavy atom. The fourth-order valence-corrected chi connectivity index (χ4v) is 6.68. The highest BCUT2D eigenvalue weighted by Gasteiger charge is 2.45. The molecule has 4 unspecified atom stereocenters. The molecule has 8 nitrogen and oxygen atoms in total. The van der Waals surface area contributed by atoms with Crippen LogP contribution < -0.4 is 11.0 Å². The number of hydrogen-bond donors (Lipinski definition) is 3. The molecule has 1 saturated carbocycles. The normalized spacial score (nSPS) is 29.8. The number of nitrogens with one attached hydrogen (secondary N) is 1. The first kappa shape index (κ1) is 20.5. The van der Waals surface area contributed by atoms with Gasteiger partial charge < -0.3 is 24.7 Å². The Balaban J connectivity index is 1.65. The minimum absolute atomic E-state index is 0.223. The number of hydrogen-bond acceptors (Lipinski definition) is 7. The minimum Gasteiger partial charge on any atom is -0.414 e. The summed E-state index contributed by atoms with van der Waals surface area (Å²) >= 11 is 0. The molecule has 0 aromatic carbocycles. The van der Waals surface area contributed by atoms with Crippen molar-refractivity contribution in [1.29, 1.82) is 0 Å². The van der Waals surface area contributed by atoms with Crippen molar-refractivity contribution in [3.05, 3.63) is 22.7 Å². The van der Waals surface area contributed by atoms with Crippen molar-refractivity contribution in [3.63, 3.8) is 0 Å². The summed E-state index contributed by atoms with van der Waals surface area (Å²) < 4.78 is 13.3. The van der Waals surface area contributed by atoms with E-state index < -0.39 is 38.5 Å². The number of aromatic nitrogens is 2. The van der Waals surface area contributed by atoms with Crippen LogP contribution in [0.15, 0.2) is 17.1 Å². The lowest BCUT2D eigenvalue weighted by atomic mass is 10.0. The van der Waals surface area contributed by atoms with E-state index in [0.717, 1.165) is 0 Å². The van der Waals surface area contributed by atoms with Crippen LogP contribution >= 0.6 is 0 Å². The number of rotatable bonds is 6. The van der Waals surface area contributed by atoms with Gasteiger partial charge in [0.2, 0.25) is 0 Å². The number of aliphatic hydroxyl groups excluding tert-OH is 2. The first-order valence-corrected chi connectivity index (χ1v) is 12.7. The molecule has 0 spiro atoms. The Labute approximate surface area is 160 Å². The predicted octanol–water partition coefficient (Wildman–Crippen LogP) is 1.46. The van der Waals surface area contributed by atoms with E-state index in [4.69, 9.17) is 9.16 Å². The summed E-state index contributed by atoms with van der Waals surface area (Å²) in [7, 11) is -0.239. The molecule has 2 fully saturated rings. The summed E-state index contributed by atoms with van der Waals surface area (Å²) in [6.07, 6.45) is 3.77. The number of ether oxygens (including phenoxy) is 1. The van der Waals surface area contributed by atoms with Gasteiger partial charge in [0.05, 0.1) is 6.61 Å². The highest BCUT2D eigenvalue weighted by molar-refractivity contribution is 6.72. The number of aliphatic hydroxyl groups is 2. The third-order valence-electron chi connectivity index (χ3n) is 5.91. The van der Waals surface area contributed by atoms with E-state index in [2.05, 4.69) is 23.4 Å². The smallest absolute Gasteiger partial charge is 0.351 e. The van der Waals surface area contributed by atoms with Gasteiger partial charge in [0.1, 0.15) is 24.1 Å². The molecule has 0 radical (unpaired) electrons. The predicted molar refractivity (Wildman–Crippen MR) is 104 cm³/mol. The molecule has 3 N–H and O–H groups in total. The Morgan fingerprint density at radius 1 is 1.30 bits per heavy atom. The van der Waals surface area contributed by atoms with Crippen LogP contribution in [0.25, 0.3) is 0 Å². The molecule has 3 rings (SSSR count). The summed E-state index contributed by atoms with van der Waals surface area (Å²) in [5.74, 6) is 0.435. The molecule has 1 aliphatic heterocycles. The molecule has 0 amide bonds. The lowest BCUT2D eigenvalue weighted by Crippen LogP contribution is -2.42. The molecule has 9 heteroatoms. The molecule has 27 heavy (non-hydrogen) atoms. The average molecular weight is 398 g/mol. The van der Waals surface area contributed by atoms with Gasteiger partial charge in [-0.2, -0.15) is 4.98 Å². The van der Waals surface area contributed by atoms with Crippen molar-refractivity contribution < 1.29 is 19.4 Å². The molecule has 152 valence electrons. The van der Waals surface area contributed by atoms with Gasteiger partial charge >= 0.3 is 5.69 Å². The monoisotopic (exact) mass is 397 g/mol. The lowest BCUT2D eigenvalue weighted by molar-refractivity contribution is -0.0529. The van der Waals surface area contributed by atoms with Crippen LogP contribution in [0.2, 0.25) is 18.6 Å². The molecule has 0 bridgehead atoms. The van der Waals surface area contributed by atoms with Crippen LogP contribution in [0, 0.1) is 0 Å². The van der Waals surface area contributed by atoms with Crippen molar-refractivity contribution in [2.45, 2.75) is 75.3 Å². The van der Waals surface area contributed by atoms with E-state index >= 15 is 0 Å². The number of nitrogens with zero attached hydrogens (tertiary/aromatic N) is 2. The minimum atomic E-state index is -1.91. The van der Waals surface area contributed by atoms with Crippen molar-refractivity contribution in [2.75, 3.05) is 19.0 Å². The van der Waals surface area contributed by atoms with Gasteiger partial charge in [-0.25, -0.2) is 4.79 Å². The second-order valence-electron chi connectivity index (χ2n) is 8.05. The first-order valence-electron chi connectivity index (χ1n) is 9.76. The van der Waals surface area contributed by atoms with Gasteiger partial charge in [-0.1, -0.05) is 32.1 Å². The van der Waals surface area contributed by atoms with E-state index in [1.807, 2.05) is 0 Å². The van der Waals surface area contributed by atoms with Gasteiger partial charge in [0, 0.05) is 13.2 Å². The van der Waals surface area contributed by atoms with E-state index in [1.54, 1.807) is 13.1 Å². The Hall–Kier alpha value is -1.26. The van der Waals surface area contributed by atoms with Gasteiger partial charge in [0.15, 0.2) is 14.5 Å². The molecule has 2 aliphatic rings. The molecule has 1 aliphatic carbocycles. The van der Waals surface area contributed by atoms with Crippen molar-refractivity contribution in [2.24, 2.45) is 0 Å². The highest BCUT2D eigenvalue weighted by atomic mass is 28.4. The molecule has 1 aromatic heterocycles. The van der Waals surface area contributed by atoms with Gasteiger partial charge in [-0.05, 0) is 24.7 Å². The maximum atomic E-state index is 12.2. The summed E-state index contributed by atoms with van der Waals surface area (Å²) in [6, 6.07) is 1.62. The third kappa shape index (κ3) is 4.43. The Morgan fingerprint density at radius 3 is 2.63 bits per heavy atom. The molecular formula is C18H31N3O5Si. The van der Waals surface area contributed by atoms with Gasteiger partial charge in [0.25, 0.3) is 0 Å². The number of anilines is 1. The Kier molecular flexibility index (Phi) is 6.37. The summed E-state index contributed by atoms with van der Waals surface area (Å²) in [4.78, 5) is 16.0. The zero-order valence-electron chi connectivity index (χ0n) is 16.3. The zero-order valence-corrected chi connectivity index (χ0v) is 17.3. The zero-order chi connectivity index (χ0) is 19.6. The van der Waals surface area contributed by atoms with E-state index in [1.165, 1.54) is 42.9 Å². The van der Waals surface area contributed by atoms with E-state index in [0.29, 0.717) is 11.4 Å². The molecule has 1 saturated heterocycles. The molecule has 1 aromatic rings. The SMILES string of the molecule is CNc1ccn(C2OC(CO[Si](C)(C)C3CCCCC3)C(O)C2O)c(=O)n1. The maximum Gasteiger partial charge on any atom is 0.351 e. The van der Waals surface area contributed by atoms with E-state index in [9.17, 15) is 15.0 Å². The maximum absolute atomic E-state index is 12.2. The summed E-state index contributed by atoms with van der Waals surface area (Å²) in [6.45, 7) is 4.65. The van der Waals surface area contributed by atoms with Crippen molar-refractivity contribution in [3.8, 4) is 0 Å². The average Bonchev–Trinajstić information content (AvgIpc) is 2.95. The summed E-state index contributed by atoms with van der Waals surface area (Å²) in [5, 5.41) is 23.6. The van der Waals surface area contributed by atoms with Crippen LogP contribution in [0.4, 0.5) is 5.82 Å². The fourth-order valence-electron chi connectivity index (χ4n) is 4.05. The second-order valence-corrected chi connectivity index (χ2v) is 12.4. The van der Waals surface area contributed by atoms with Crippen LogP contribution in [0.3, 0.4) is 0 Å². The third-order valence-corrected chi connectivity index (χ3v) is 9.36. The molecule has 4 atom stereocenters. The van der Waals surface area contributed by atoms with Crippen molar-refractivity contribution >= 4 is 14.1 Å². The van der Waals surface area contributed by atoms with Crippen LogP contribution in [-0.2, 0) is 9.16 Å². The van der Waals surface area contributed by atoms with E-state index in [-0.39, 0.29) is 6.61 Å². The van der Waals surface area contributed by atoms with Gasteiger partial charge in [-0.15, -0.1) is 0 Å². The molecule has 2 heterocycles. The first-order chi connectivity index (χ1) is 12.8. The quantitative estimate of drug-likeness (QED) is 0.624. The standard InChI is InChI=1S/C18H31N3O5Si/c1-19-14-9-10-21(18(24)20-14)17-16(23)15(22)13(26-17)11-25-27(2,3)12-7-5-4-6-8-12/h9-10,12-13,15-17,22-23H,4-8,11H2,1-3H3,(H,19,20,24). The van der Waals surface area contributed by atoms with Crippen LogP contribution in [0.5, 0.6) is 0 Å². The fraction of sp³-hybridized carbons (Fsp3) is 0.778. The second kappa shape index (κ2) is 8.40. The van der Waals surface area contributed by atoms with Crippen LogP contribution in [-0.4, -0.2) is 60.0 Å². The van der Waals surface area contributed by atoms with Crippen molar-refractivity contribution in [1.82, 2.24) is 9.55 Å². The summed E-state index contributed by atoms with van der Waals surface area (Å²) in [5.41, 5.74) is 0.0722. The highest BCUT2D eigenvalue weighted by Crippen LogP contribution is 2.38. The lowest BCUT2D eigenvalue weighted by Gasteiger charge is -2.35. The molecular weight excluding hydrogens is 366 g/mol. The van der Waals surface area contributed by atoms with Gasteiger partial charge in [-0.3, -0.25) is 4.57 Å².